The van der Waals surface area contributed by atoms with Gasteiger partial charge in [0, 0.05) is 26.1 Å². The van der Waals surface area contributed by atoms with Crippen LogP contribution in [-0.4, -0.2) is 49.0 Å². The highest BCUT2D eigenvalue weighted by Crippen LogP contribution is 2.35. The van der Waals surface area contributed by atoms with Gasteiger partial charge in [0.2, 0.25) is 11.8 Å². The number of aryl methyl sites for hydroxylation is 1. The molecule has 2 aromatic rings. The van der Waals surface area contributed by atoms with Crippen LogP contribution < -0.4 is 10.5 Å². The van der Waals surface area contributed by atoms with E-state index in [2.05, 4.69) is 16.7 Å². The van der Waals surface area contributed by atoms with Crippen LogP contribution in [0.15, 0.2) is 45.8 Å². The van der Waals surface area contributed by atoms with Crippen molar-refractivity contribution in [3.8, 4) is 5.75 Å². The Labute approximate surface area is 181 Å². The van der Waals surface area contributed by atoms with E-state index in [1.807, 2.05) is 6.92 Å². The summed E-state index contributed by atoms with van der Waals surface area (Å²) >= 11 is 0. The summed E-state index contributed by atoms with van der Waals surface area (Å²) < 4.78 is 40.7. The molecule has 1 aromatic heterocycles. The van der Waals surface area contributed by atoms with Crippen molar-refractivity contribution in [2.75, 3.05) is 19.8 Å². The molecule has 1 aromatic carbocycles. The number of nitrogens with two attached hydrogens (primary N) is 1. The molecule has 0 bridgehead atoms. The van der Waals surface area contributed by atoms with Crippen molar-refractivity contribution in [3.63, 3.8) is 0 Å². The number of nitrogens with zero attached hydrogens (tertiary/aromatic N) is 2. The Balaban J connectivity index is 1.57. The number of ether oxygens (including phenoxy) is 2. The van der Waals surface area contributed by atoms with Gasteiger partial charge in [-0.2, -0.15) is 4.98 Å². The van der Waals surface area contributed by atoms with Gasteiger partial charge in [0.1, 0.15) is 5.75 Å². The van der Waals surface area contributed by atoms with E-state index in [-0.39, 0.29) is 31.0 Å². The zero-order chi connectivity index (χ0) is 22.5. The second-order valence-corrected chi connectivity index (χ2v) is 9.90. The van der Waals surface area contributed by atoms with Gasteiger partial charge in [0.05, 0.1) is 11.5 Å². The molecule has 1 aliphatic rings. The third-order valence-electron chi connectivity index (χ3n) is 5.17. The van der Waals surface area contributed by atoms with Gasteiger partial charge in [-0.25, -0.2) is 8.42 Å². The lowest BCUT2D eigenvalue weighted by molar-refractivity contribution is -0.122. The van der Waals surface area contributed by atoms with E-state index in [1.165, 1.54) is 12.1 Å². The predicted octanol–water partition coefficient (Wildman–Crippen LogP) is 2.01. The predicted molar refractivity (Wildman–Crippen MR) is 112 cm³/mol. The summed E-state index contributed by atoms with van der Waals surface area (Å²) in [6.45, 7) is 6.47. The summed E-state index contributed by atoms with van der Waals surface area (Å²) in [5.41, 5.74) is 6.45. The van der Waals surface area contributed by atoms with Gasteiger partial charge in [0.15, 0.2) is 20.4 Å². The molecule has 1 amide bonds. The summed E-state index contributed by atoms with van der Waals surface area (Å²) in [5, 5.41) is 3.90. The Bertz CT molecular complexity index is 1020. The number of rotatable bonds is 10. The standard InChI is InChI=1S/C21H27N3O6S/c1-15(2)14-18-23-19(30-24-18)4-3-11-29-16-5-7-17(8-6-16)31(26,27)21(20(22)25)9-12-28-13-10-21/h5-8H,1,3-4,9-14H2,2H3,(H2,22,25). The van der Waals surface area contributed by atoms with Crippen molar-refractivity contribution in [1.82, 2.24) is 10.1 Å². The van der Waals surface area contributed by atoms with E-state index in [4.69, 9.17) is 19.7 Å². The number of benzene rings is 1. The molecule has 0 atom stereocenters. The molecule has 10 heteroatoms. The van der Waals surface area contributed by atoms with Gasteiger partial charge >= 0.3 is 0 Å². The molecule has 0 spiro atoms. The van der Waals surface area contributed by atoms with Crippen LogP contribution in [0.5, 0.6) is 5.75 Å². The van der Waals surface area contributed by atoms with Crippen LogP contribution in [0.2, 0.25) is 0 Å². The van der Waals surface area contributed by atoms with Crippen molar-refractivity contribution in [2.45, 2.75) is 48.7 Å². The van der Waals surface area contributed by atoms with Crippen molar-refractivity contribution < 1.29 is 27.2 Å². The molecule has 1 aliphatic heterocycles. The maximum Gasteiger partial charge on any atom is 0.239 e. The maximum absolute atomic E-state index is 13.1. The fourth-order valence-corrected chi connectivity index (χ4v) is 5.35. The van der Waals surface area contributed by atoms with E-state index >= 15 is 0 Å². The van der Waals surface area contributed by atoms with Gasteiger partial charge < -0.3 is 19.7 Å². The van der Waals surface area contributed by atoms with Crippen molar-refractivity contribution in [1.29, 1.82) is 0 Å². The number of carbonyl (C=O) groups is 1. The van der Waals surface area contributed by atoms with E-state index in [9.17, 15) is 13.2 Å². The summed E-state index contributed by atoms with van der Waals surface area (Å²) in [4.78, 5) is 16.4. The minimum atomic E-state index is -3.95. The highest BCUT2D eigenvalue weighted by molar-refractivity contribution is 7.93. The molecule has 31 heavy (non-hydrogen) atoms. The SMILES string of the molecule is C=C(C)Cc1noc(CCCOc2ccc(S(=O)(=O)C3(C(N)=O)CCOCC3)cc2)n1. The number of allylic oxidation sites excluding steroid dienone is 1. The minimum absolute atomic E-state index is 0.0384. The highest BCUT2D eigenvalue weighted by atomic mass is 32.2. The van der Waals surface area contributed by atoms with Crippen molar-refractivity contribution >= 4 is 15.7 Å². The first kappa shape index (κ1) is 23.0. The lowest BCUT2D eigenvalue weighted by Gasteiger charge is -2.33. The Morgan fingerprint density at radius 1 is 1.26 bits per heavy atom. The van der Waals surface area contributed by atoms with Gasteiger partial charge in [0.25, 0.3) is 0 Å². The third kappa shape index (κ3) is 5.13. The fraction of sp³-hybridized carbons (Fsp3) is 0.476. The first-order valence-corrected chi connectivity index (χ1v) is 11.5. The normalized spacial score (nSPS) is 16.0. The summed E-state index contributed by atoms with van der Waals surface area (Å²) in [7, 11) is -3.95. The minimum Gasteiger partial charge on any atom is -0.494 e. The summed E-state index contributed by atoms with van der Waals surface area (Å²) in [6.07, 6.45) is 1.90. The molecular formula is C21H27N3O6S. The number of hydrogen-bond acceptors (Lipinski definition) is 8. The molecule has 0 radical (unpaired) electrons. The average Bonchev–Trinajstić information content (AvgIpc) is 3.18. The largest absolute Gasteiger partial charge is 0.494 e. The van der Waals surface area contributed by atoms with E-state index in [0.717, 1.165) is 5.57 Å². The Morgan fingerprint density at radius 2 is 1.94 bits per heavy atom. The van der Waals surface area contributed by atoms with Crippen LogP contribution in [0.3, 0.4) is 0 Å². The average molecular weight is 450 g/mol. The molecule has 9 nitrogen and oxygen atoms in total. The van der Waals surface area contributed by atoms with E-state index < -0.39 is 20.5 Å². The lowest BCUT2D eigenvalue weighted by Crippen LogP contribution is -2.53. The molecular weight excluding hydrogens is 422 g/mol. The van der Waals surface area contributed by atoms with Gasteiger partial charge in [-0.15, -0.1) is 0 Å². The zero-order valence-corrected chi connectivity index (χ0v) is 18.3. The topological polar surface area (TPSA) is 135 Å². The van der Waals surface area contributed by atoms with Crippen molar-refractivity contribution in [2.24, 2.45) is 5.73 Å². The molecule has 0 unspecified atom stereocenters. The molecule has 0 saturated carbocycles. The van der Waals surface area contributed by atoms with Crippen LogP contribution >= 0.6 is 0 Å². The lowest BCUT2D eigenvalue weighted by atomic mass is 9.98. The molecule has 0 aliphatic carbocycles. The number of amides is 1. The monoisotopic (exact) mass is 449 g/mol. The van der Waals surface area contributed by atoms with E-state index in [0.29, 0.717) is 43.3 Å². The maximum atomic E-state index is 13.1. The Hall–Kier alpha value is -2.72. The van der Waals surface area contributed by atoms with Gasteiger partial charge in [-0.3, -0.25) is 4.79 Å². The number of sulfone groups is 1. The molecule has 2 heterocycles. The number of aromatic nitrogens is 2. The van der Waals surface area contributed by atoms with Crippen LogP contribution in [-0.2, 0) is 32.2 Å². The molecule has 3 rings (SSSR count). The second kappa shape index (κ2) is 9.61. The van der Waals surface area contributed by atoms with Crippen LogP contribution in [0.4, 0.5) is 0 Å². The smallest absolute Gasteiger partial charge is 0.239 e. The number of hydrogen-bond donors (Lipinski definition) is 1. The first-order valence-electron chi connectivity index (χ1n) is 10.1. The Morgan fingerprint density at radius 3 is 2.55 bits per heavy atom. The zero-order valence-electron chi connectivity index (χ0n) is 17.5. The summed E-state index contributed by atoms with van der Waals surface area (Å²) in [6, 6.07) is 6.01. The summed E-state index contributed by atoms with van der Waals surface area (Å²) in [5.74, 6) is 0.823. The van der Waals surface area contributed by atoms with E-state index in [1.54, 1.807) is 12.1 Å². The van der Waals surface area contributed by atoms with Gasteiger partial charge in [-0.05, 0) is 50.5 Å². The molecule has 1 saturated heterocycles. The number of carbonyl (C=O) groups excluding carboxylic acids is 1. The third-order valence-corrected chi connectivity index (χ3v) is 7.70. The Kier molecular flexibility index (Phi) is 7.11. The molecule has 168 valence electrons. The molecule has 1 fully saturated rings. The van der Waals surface area contributed by atoms with Crippen LogP contribution in [0.1, 0.15) is 37.9 Å². The van der Waals surface area contributed by atoms with Crippen molar-refractivity contribution in [3.05, 3.63) is 48.1 Å². The second-order valence-electron chi connectivity index (χ2n) is 7.64. The fourth-order valence-electron chi connectivity index (χ4n) is 3.44. The molecule has 2 N–H and O–H groups in total. The first-order chi connectivity index (χ1) is 14.7. The van der Waals surface area contributed by atoms with Crippen LogP contribution in [0.25, 0.3) is 0 Å². The quantitative estimate of drug-likeness (QED) is 0.430. The van der Waals surface area contributed by atoms with Crippen LogP contribution in [0, 0.1) is 0 Å². The number of primary amides is 1. The van der Waals surface area contributed by atoms with Gasteiger partial charge in [-0.1, -0.05) is 17.3 Å². The highest BCUT2D eigenvalue weighted by Gasteiger charge is 2.51.